The lowest BCUT2D eigenvalue weighted by Crippen LogP contribution is -2.38. The maximum absolute atomic E-state index is 5.95. The zero-order valence-corrected chi connectivity index (χ0v) is 13.7. The number of aromatic nitrogens is 1. The van der Waals surface area contributed by atoms with E-state index in [0.29, 0.717) is 4.99 Å². The van der Waals surface area contributed by atoms with Gasteiger partial charge in [0.15, 0.2) is 0 Å². The molecule has 2 aliphatic carbocycles. The summed E-state index contributed by atoms with van der Waals surface area (Å²) >= 11 is 5.26. The van der Waals surface area contributed by atoms with E-state index in [2.05, 4.69) is 18.3 Å². The van der Waals surface area contributed by atoms with Gasteiger partial charge in [-0.25, -0.2) is 4.98 Å². The molecular weight excluding hydrogens is 278 g/mol. The quantitative estimate of drug-likeness (QED) is 0.835. The molecule has 0 aromatic carbocycles. The topological polar surface area (TPSA) is 50.9 Å². The fourth-order valence-electron chi connectivity index (χ4n) is 3.66. The lowest BCUT2D eigenvalue weighted by molar-refractivity contribution is 0.348. The van der Waals surface area contributed by atoms with Crippen LogP contribution in [-0.2, 0) is 12.8 Å². The molecule has 1 heterocycles. The molecule has 21 heavy (non-hydrogen) atoms. The van der Waals surface area contributed by atoms with Crippen molar-refractivity contribution in [2.24, 2.45) is 5.73 Å². The first-order chi connectivity index (χ1) is 10.1. The number of rotatable bonds is 3. The molecule has 0 bridgehead atoms. The third-order valence-electron chi connectivity index (χ3n) is 4.94. The first kappa shape index (κ1) is 14.8. The summed E-state index contributed by atoms with van der Waals surface area (Å²) in [5.74, 6) is 0.910. The van der Waals surface area contributed by atoms with Crippen LogP contribution in [0.3, 0.4) is 0 Å². The van der Waals surface area contributed by atoms with Crippen molar-refractivity contribution in [3.05, 3.63) is 22.9 Å². The van der Waals surface area contributed by atoms with Crippen molar-refractivity contribution < 1.29 is 0 Å². The number of anilines is 1. The fraction of sp³-hybridized carbons (Fsp3) is 0.647. The van der Waals surface area contributed by atoms with Gasteiger partial charge in [0.1, 0.15) is 10.8 Å². The number of pyridine rings is 1. The second-order valence-corrected chi connectivity index (χ2v) is 7.25. The van der Waals surface area contributed by atoms with E-state index in [9.17, 15) is 0 Å². The summed E-state index contributed by atoms with van der Waals surface area (Å²) in [7, 11) is 0. The maximum Gasteiger partial charge on any atom is 0.136 e. The summed E-state index contributed by atoms with van der Waals surface area (Å²) in [6.07, 6.45) is 11.0. The van der Waals surface area contributed by atoms with E-state index >= 15 is 0 Å². The van der Waals surface area contributed by atoms with Gasteiger partial charge in [-0.2, -0.15) is 0 Å². The minimum atomic E-state index is 0.133. The van der Waals surface area contributed by atoms with E-state index in [1.807, 2.05) is 0 Å². The number of hydrogen-bond donors (Lipinski definition) is 2. The van der Waals surface area contributed by atoms with Gasteiger partial charge in [-0.15, -0.1) is 0 Å². The van der Waals surface area contributed by atoms with Gasteiger partial charge in [0.25, 0.3) is 0 Å². The standard InChI is InChI=1S/C17H25N3S/c1-17(9-5-2-6-10-17)20-16-13(15(18)21)11-12-7-3-4-8-14(12)19-16/h11H,2-10H2,1H3,(H2,18,21)(H,19,20). The van der Waals surface area contributed by atoms with Gasteiger partial charge < -0.3 is 11.1 Å². The molecule has 4 heteroatoms. The Kier molecular flexibility index (Phi) is 4.16. The average Bonchev–Trinajstić information content (AvgIpc) is 2.46. The third kappa shape index (κ3) is 3.20. The summed E-state index contributed by atoms with van der Waals surface area (Å²) in [5, 5.41) is 3.68. The molecule has 0 amide bonds. The summed E-state index contributed by atoms with van der Waals surface area (Å²) in [4.78, 5) is 5.35. The van der Waals surface area contributed by atoms with Crippen LogP contribution in [0.4, 0.5) is 5.82 Å². The van der Waals surface area contributed by atoms with Crippen molar-refractivity contribution in [3.63, 3.8) is 0 Å². The molecule has 0 radical (unpaired) electrons. The molecule has 0 spiro atoms. The van der Waals surface area contributed by atoms with Gasteiger partial charge >= 0.3 is 0 Å². The Bertz CT molecular complexity index is 547. The summed E-state index contributed by atoms with van der Waals surface area (Å²) in [5.41, 5.74) is 9.58. The lowest BCUT2D eigenvalue weighted by atomic mass is 9.83. The van der Waals surface area contributed by atoms with E-state index in [0.717, 1.165) is 24.2 Å². The Morgan fingerprint density at radius 1 is 1.19 bits per heavy atom. The molecule has 3 nitrogen and oxygen atoms in total. The van der Waals surface area contributed by atoms with Crippen LogP contribution in [0.25, 0.3) is 0 Å². The first-order valence-corrected chi connectivity index (χ1v) is 8.59. The van der Waals surface area contributed by atoms with Gasteiger partial charge in [-0.1, -0.05) is 31.5 Å². The molecule has 1 aromatic heterocycles. The summed E-state index contributed by atoms with van der Waals surface area (Å²) in [6.45, 7) is 2.30. The first-order valence-electron chi connectivity index (χ1n) is 8.18. The molecular formula is C17H25N3S. The van der Waals surface area contributed by atoms with Crippen molar-refractivity contribution in [3.8, 4) is 0 Å². The minimum Gasteiger partial charge on any atom is -0.389 e. The van der Waals surface area contributed by atoms with E-state index in [4.69, 9.17) is 22.9 Å². The van der Waals surface area contributed by atoms with E-state index < -0.39 is 0 Å². The van der Waals surface area contributed by atoms with Crippen LogP contribution in [0.2, 0.25) is 0 Å². The molecule has 2 aliphatic rings. The van der Waals surface area contributed by atoms with E-state index in [-0.39, 0.29) is 5.54 Å². The molecule has 1 aromatic rings. The Balaban J connectivity index is 1.94. The summed E-state index contributed by atoms with van der Waals surface area (Å²) in [6, 6.07) is 2.18. The number of nitrogens with two attached hydrogens (primary N) is 1. The normalized spacial score (nSPS) is 20.6. The predicted molar refractivity (Wildman–Crippen MR) is 91.9 cm³/mol. The SMILES string of the molecule is CC1(Nc2nc3c(cc2C(N)=S)CCCC3)CCCCC1. The molecule has 0 unspecified atom stereocenters. The molecule has 3 rings (SSSR count). The van der Waals surface area contributed by atoms with Crippen LogP contribution in [0.1, 0.15) is 68.7 Å². The Labute approximate surface area is 132 Å². The zero-order valence-electron chi connectivity index (χ0n) is 12.9. The van der Waals surface area contributed by atoms with Gasteiger partial charge in [0.05, 0.1) is 5.56 Å². The highest BCUT2D eigenvalue weighted by atomic mass is 32.1. The van der Waals surface area contributed by atoms with Crippen molar-refractivity contribution in [1.82, 2.24) is 4.98 Å². The molecule has 114 valence electrons. The van der Waals surface area contributed by atoms with Gasteiger partial charge in [-0.3, -0.25) is 0 Å². The lowest BCUT2D eigenvalue weighted by Gasteiger charge is -2.36. The molecule has 0 aliphatic heterocycles. The molecule has 3 N–H and O–H groups in total. The van der Waals surface area contributed by atoms with Crippen molar-refractivity contribution in [1.29, 1.82) is 0 Å². The predicted octanol–water partition coefficient (Wildman–Crippen LogP) is 3.73. The van der Waals surface area contributed by atoms with Crippen LogP contribution in [0.15, 0.2) is 6.07 Å². The molecule has 0 saturated heterocycles. The summed E-state index contributed by atoms with van der Waals surface area (Å²) < 4.78 is 0. The highest BCUT2D eigenvalue weighted by Crippen LogP contribution is 2.33. The highest BCUT2D eigenvalue weighted by Gasteiger charge is 2.28. The largest absolute Gasteiger partial charge is 0.389 e. The number of nitrogens with zero attached hydrogens (tertiary/aromatic N) is 1. The fourth-order valence-corrected chi connectivity index (χ4v) is 3.82. The third-order valence-corrected chi connectivity index (χ3v) is 5.16. The molecule has 1 fully saturated rings. The number of fused-ring (bicyclic) bond motifs is 1. The van der Waals surface area contributed by atoms with Crippen LogP contribution in [0.5, 0.6) is 0 Å². The number of thiocarbonyl (C=S) groups is 1. The van der Waals surface area contributed by atoms with Gasteiger partial charge in [-0.05, 0) is 57.1 Å². The average molecular weight is 303 g/mol. The minimum absolute atomic E-state index is 0.133. The van der Waals surface area contributed by atoms with Crippen LogP contribution in [0, 0.1) is 0 Å². The number of nitrogens with one attached hydrogen (secondary N) is 1. The van der Waals surface area contributed by atoms with Crippen molar-refractivity contribution in [2.75, 3.05) is 5.32 Å². The second kappa shape index (κ2) is 5.91. The van der Waals surface area contributed by atoms with Gasteiger partial charge in [0.2, 0.25) is 0 Å². The van der Waals surface area contributed by atoms with Crippen LogP contribution >= 0.6 is 12.2 Å². The maximum atomic E-state index is 5.95. The van der Waals surface area contributed by atoms with E-state index in [1.165, 1.54) is 56.2 Å². The Morgan fingerprint density at radius 3 is 2.62 bits per heavy atom. The van der Waals surface area contributed by atoms with Crippen LogP contribution < -0.4 is 11.1 Å². The number of aryl methyl sites for hydroxylation is 2. The van der Waals surface area contributed by atoms with Crippen LogP contribution in [-0.4, -0.2) is 15.5 Å². The monoisotopic (exact) mass is 303 g/mol. The smallest absolute Gasteiger partial charge is 0.136 e. The highest BCUT2D eigenvalue weighted by molar-refractivity contribution is 7.80. The molecule has 0 atom stereocenters. The Hall–Kier alpha value is -1.16. The second-order valence-electron chi connectivity index (χ2n) is 6.81. The molecule has 1 saturated carbocycles. The van der Waals surface area contributed by atoms with Gasteiger partial charge in [0, 0.05) is 11.2 Å². The number of hydrogen-bond acceptors (Lipinski definition) is 3. The van der Waals surface area contributed by atoms with Crippen molar-refractivity contribution >= 4 is 23.0 Å². The van der Waals surface area contributed by atoms with Crippen molar-refractivity contribution in [2.45, 2.75) is 70.3 Å². The zero-order chi connectivity index (χ0) is 14.9. The Morgan fingerprint density at radius 2 is 1.90 bits per heavy atom. The van der Waals surface area contributed by atoms with E-state index in [1.54, 1.807) is 0 Å².